The molecule has 21 heavy (non-hydrogen) atoms. The van der Waals surface area contributed by atoms with E-state index in [1.54, 1.807) is 42.5 Å². The summed E-state index contributed by atoms with van der Waals surface area (Å²) in [6.07, 6.45) is 0. The van der Waals surface area contributed by atoms with Crippen molar-refractivity contribution in [1.82, 2.24) is 0 Å². The molecule has 110 valence electrons. The minimum atomic E-state index is -1.73. The summed E-state index contributed by atoms with van der Waals surface area (Å²) >= 11 is 11.9. The van der Waals surface area contributed by atoms with Gasteiger partial charge >= 0.3 is 0 Å². The van der Waals surface area contributed by atoms with Gasteiger partial charge in [-0.1, -0.05) is 35.3 Å². The molecular weight excluding hydrogens is 309 g/mol. The van der Waals surface area contributed by atoms with Crippen LogP contribution in [0.25, 0.3) is 0 Å². The van der Waals surface area contributed by atoms with Crippen molar-refractivity contribution in [2.45, 2.75) is 19.4 Å². The molecule has 0 spiro atoms. The molecule has 2 aromatic carbocycles. The lowest BCUT2D eigenvalue weighted by atomic mass is 9.94. The summed E-state index contributed by atoms with van der Waals surface area (Å²) in [4.78, 5) is 12.3. The van der Waals surface area contributed by atoms with Crippen LogP contribution in [0.15, 0.2) is 42.5 Å². The first-order valence-electron chi connectivity index (χ1n) is 6.37. The van der Waals surface area contributed by atoms with Crippen LogP contribution in [0.3, 0.4) is 0 Å². The van der Waals surface area contributed by atoms with Crippen LogP contribution >= 0.6 is 23.2 Å². The predicted molar refractivity (Wildman–Crippen MR) is 85.8 cm³/mol. The number of carbonyl (C=O) groups is 1. The van der Waals surface area contributed by atoms with E-state index in [-0.39, 0.29) is 0 Å². The highest BCUT2D eigenvalue weighted by molar-refractivity contribution is 6.32. The summed E-state index contributed by atoms with van der Waals surface area (Å²) in [6, 6.07) is 11.8. The fourth-order valence-corrected chi connectivity index (χ4v) is 2.47. The van der Waals surface area contributed by atoms with Crippen LogP contribution in [0.2, 0.25) is 10.0 Å². The molecule has 2 rings (SSSR count). The second kappa shape index (κ2) is 6.06. The predicted octanol–water partition coefficient (Wildman–Crippen LogP) is 4.15. The highest BCUT2D eigenvalue weighted by Gasteiger charge is 2.34. The van der Waals surface area contributed by atoms with Gasteiger partial charge in [0.1, 0.15) is 0 Å². The number of halogens is 2. The Bertz CT molecular complexity index is 666. The van der Waals surface area contributed by atoms with Crippen molar-refractivity contribution in [1.29, 1.82) is 0 Å². The summed E-state index contributed by atoms with van der Waals surface area (Å²) in [5.74, 6) is -0.560. The first-order chi connectivity index (χ1) is 9.80. The molecule has 0 aliphatic carbocycles. The number of aryl methyl sites for hydroxylation is 1. The molecular formula is C16H15Cl2NO2. The van der Waals surface area contributed by atoms with E-state index in [4.69, 9.17) is 23.2 Å². The van der Waals surface area contributed by atoms with Crippen molar-refractivity contribution in [3.8, 4) is 0 Å². The van der Waals surface area contributed by atoms with Gasteiger partial charge in [0.2, 0.25) is 0 Å². The Morgan fingerprint density at radius 2 is 1.76 bits per heavy atom. The molecule has 0 radical (unpaired) electrons. The van der Waals surface area contributed by atoms with E-state index >= 15 is 0 Å². The van der Waals surface area contributed by atoms with E-state index in [0.717, 1.165) is 5.56 Å². The number of hydrogen-bond acceptors (Lipinski definition) is 2. The SMILES string of the molecule is Cc1ccc(C(C)(O)C(=O)Nc2ccc(Cl)cc2)c(Cl)c1. The van der Waals surface area contributed by atoms with Gasteiger partial charge in [0.05, 0.1) is 0 Å². The fourth-order valence-electron chi connectivity index (χ4n) is 1.92. The van der Waals surface area contributed by atoms with Crippen LogP contribution in [0.4, 0.5) is 5.69 Å². The van der Waals surface area contributed by atoms with Crippen molar-refractivity contribution in [3.63, 3.8) is 0 Å². The third kappa shape index (κ3) is 3.56. The van der Waals surface area contributed by atoms with Gasteiger partial charge in [-0.3, -0.25) is 4.79 Å². The lowest BCUT2D eigenvalue weighted by Crippen LogP contribution is -2.37. The minimum absolute atomic E-state index is 0.353. The third-order valence-corrected chi connectivity index (χ3v) is 3.76. The number of nitrogens with one attached hydrogen (secondary N) is 1. The first kappa shape index (κ1) is 15.8. The van der Waals surface area contributed by atoms with E-state index in [1.165, 1.54) is 6.92 Å². The Labute approximate surface area is 133 Å². The van der Waals surface area contributed by atoms with Crippen molar-refractivity contribution in [3.05, 3.63) is 63.6 Å². The maximum absolute atomic E-state index is 12.3. The molecule has 0 bridgehead atoms. The van der Waals surface area contributed by atoms with Crippen LogP contribution in [0.5, 0.6) is 0 Å². The quantitative estimate of drug-likeness (QED) is 0.891. The van der Waals surface area contributed by atoms with Crippen molar-refractivity contribution in [2.24, 2.45) is 0 Å². The van der Waals surface area contributed by atoms with E-state index in [9.17, 15) is 9.90 Å². The summed E-state index contributed by atoms with van der Waals surface area (Å²) in [7, 11) is 0. The van der Waals surface area contributed by atoms with E-state index in [0.29, 0.717) is 21.3 Å². The van der Waals surface area contributed by atoms with Crippen LogP contribution in [-0.2, 0) is 10.4 Å². The number of rotatable bonds is 3. The molecule has 0 aromatic heterocycles. The van der Waals surface area contributed by atoms with E-state index in [2.05, 4.69) is 5.32 Å². The number of carbonyl (C=O) groups excluding carboxylic acids is 1. The molecule has 0 saturated carbocycles. The van der Waals surface area contributed by atoms with Gasteiger partial charge in [-0.2, -0.15) is 0 Å². The molecule has 3 nitrogen and oxygen atoms in total. The Balaban J connectivity index is 2.25. The van der Waals surface area contributed by atoms with E-state index in [1.807, 2.05) is 6.92 Å². The molecule has 0 saturated heterocycles. The van der Waals surface area contributed by atoms with Gasteiger partial charge in [-0.05, 0) is 49.7 Å². The number of anilines is 1. The molecule has 0 aliphatic heterocycles. The number of aliphatic hydroxyl groups is 1. The standard InChI is InChI=1S/C16H15Cl2NO2/c1-10-3-8-13(14(18)9-10)16(2,21)15(20)19-12-6-4-11(17)5-7-12/h3-9,21H,1-2H3,(H,19,20). The number of amides is 1. The molecule has 1 amide bonds. The molecule has 1 atom stereocenters. The Hall–Kier alpha value is -1.55. The van der Waals surface area contributed by atoms with Gasteiger partial charge < -0.3 is 10.4 Å². The fraction of sp³-hybridized carbons (Fsp3) is 0.188. The smallest absolute Gasteiger partial charge is 0.260 e. The van der Waals surface area contributed by atoms with Crippen LogP contribution in [-0.4, -0.2) is 11.0 Å². The van der Waals surface area contributed by atoms with Crippen LogP contribution in [0, 0.1) is 6.92 Å². The van der Waals surface area contributed by atoms with Gasteiger partial charge in [0.15, 0.2) is 5.60 Å². The Morgan fingerprint density at radius 3 is 2.33 bits per heavy atom. The number of benzene rings is 2. The largest absolute Gasteiger partial charge is 0.375 e. The van der Waals surface area contributed by atoms with Crippen molar-refractivity contribution >= 4 is 34.8 Å². The monoisotopic (exact) mass is 323 g/mol. The molecule has 5 heteroatoms. The lowest BCUT2D eigenvalue weighted by Gasteiger charge is -2.24. The Morgan fingerprint density at radius 1 is 1.14 bits per heavy atom. The molecule has 2 N–H and O–H groups in total. The summed E-state index contributed by atoms with van der Waals surface area (Å²) in [6.45, 7) is 3.30. The zero-order valence-electron chi connectivity index (χ0n) is 11.7. The number of hydrogen-bond donors (Lipinski definition) is 2. The zero-order chi connectivity index (χ0) is 15.6. The average Bonchev–Trinajstić information content (AvgIpc) is 2.40. The second-order valence-corrected chi connectivity index (χ2v) is 5.86. The van der Waals surface area contributed by atoms with Gasteiger partial charge in [-0.15, -0.1) is 0 Å². The maximum Gasteiger partial charge on any atom is 0.260 e. The van der Waals surface area contributed by atoms with Crippen molar-refractivity contribution in [2.75, 3.05) is 5.32 Å². The normalized spacial score (nSPS) is 13.6. The van der Waals surface area contributed by atoms with Gasteiger partial charge in [0, 0.05) is 21.3 Å². The highest BCUT2D eigenvalue weighted by Crippen LogP contribution is 2.30. The Kier molecular flexibility index (Phi) is 4.57. The van der Waals surface area contributed by atoms with Gasteiger partial charge in [0.25, 0.3) is 5.91 Å². The third-order valence-electron chi connectivity index (χ3n) is 3.19. The highest BCUT2D eigenvalue weighted by atomic mass is 35.5. The molecule has 0 fully saturated rings. The van der Waals surface area contributed by atoms with E-state index < -0.39 is 11.5 Å². The topological polar surface area (TPSA) is 49.3 Å². The molecule has 2 aromatic rings. The van der Waals surface area contributed by atoms with Crippen LogP contribution < -0.4 is 5.32 Å². The molecule has 0 heterocycles. The summed E-state index contributed by atoms with van der Waals surface area (Å²) < 4.78 is 0. The molecule has 1 unspecified atom stereocenters. The summed E-state index contributed by atoms with van der Waals surface area (Å²) in [5, 5.41) is 14.1. The minimum Gasteiger partial charge on any atom is -0.375 e. The first-order valence-corrected chi connectivity index (χ1v) is 7.12. The lowest BCUT2D eigenvalue weighted by molar-refractivity contribution is -0.133. The zero-order valence-corrected chi connectivity index (χ0v) is 13.2. The van der Waals surface area contributed by atoms with Crippen molar-refractivity contribution < 1.29 is 9.90 Å². The summed E-state index contributed by atoms with van der Waals surface area (Å²) in [5.41, 5.74) is 0.136. The maximum atomic E-state index is 12.3. The van der Waals surface area contributed by atoms with Crippen LogP contribution in [0.1, 0.15) is 18.1 Å². The second-order valence-electron chi connectivity index (χ2n) is 5.02. The average molecular weight is 324 g/mol. The molecule has 0 aliphatic rings. The van der Waals surface area contributed by atoms with Gasteiger partial charge in [-0.25, -0.2) is 0 Å².